The number of benzene rings is 2. The van der Waals surface area contributed by atoms with Crippen LogP contribution in [0, 0.1) is 5.92 Å². The van der Waals surface area contributed by atoms with Crippen LogP contribution in [0.3, 0.4) is 0 Å². The predicted octanol–water partition coefficient (Wildman–Crippen LogP) is 3.67. The van der Waals surface area contributed by atoms with E-state index in [2.05, 4.69) is 16.0 Å². The van der Waals surface area contributed by atoms with Crippen LogP contribution in [0.1, 0.15) is 36.0 Å². The molecular weight excluding hydrogens is 456 g/mol. The average molecular weight is 485 g/mol. The maximum absolute atomic E-state index is 13.0. The summed E-state index contributed by atoms with van der Waals surface area (Å²) in [5, 5.41) is 9.37. The van der Waals surface area contributed by atoms with Crippen LogP contribution in [-0.2, 0) is 4.79 Å². The van der Waals surface area contributed by atoms with Gasteiger partial charge >= 0.3 is 6.03 Å². The third-order valence-corrected chi connectivity index (χ3v) is 6.45. The van der Waals surface area contributed by atoms with Gasteiger partial charge in [0.15, 0.2) is 0 Å². The molecule has 1 heterocycles. The van der Waals surface area contributed by atoms with Gasteiger partial charge in [0.05, 0.1) is 7.11 Å². The van der Waals surface area contributed by atoms with Gasteiger partial charge in [-0.15, -0.1) is 0 Å². The molecule has 1 unspecified atom stereocenters. The lowest BCUT2D eigenvalue weighted by Gasteiger charge is -2.35. The molecule has 1 aliphatic carbocycles. The number of urea groups is 1. The summed E-state index contributed by atoms with van der Waals surface area (Å²) in [6, 6.07) is 13.1. The lowest BCUT2D eigenvalue weighted by atomic mass is 9.88. The standard InChI is InChI=1S/C25H29ClN4O4/c1-34-21-9-5-17(6-10-21)23(31)29-22(24(32)27-19-7-8-19)16-11-13-30(14-12-16)25(33)28-20-4-2-3-18(26)15-20/h2-6,9-10,15-16,19,22H,7-8,11-14H2,1H3,(H,27,32)(H,28,33)(H,29,31). The number of carbonyl (C=O) groups is 3. The minimum atomic E-state index is -0.659. The maximum Gasteiger partial charge on any atom is 0.321 e. The van der Waals surface area contributed by atoms with Crippen molar-refractivity contribution >= 4 is 35.1 Å². The van der Waals surface area contributed by atoms with E-state index < -0.39 is 6.04 Å². The largest absolute Gasteiger partial charge is 0.497 e. The lowest BCUT2D eigenvalue weighted by molar-refractivity contribution is -0.124. The van der Waals surface area contributed by atoms with Gasteiger partial charge in [-0.25, -0.2) is 4.79 Å². The number of nitrogens with one attached hydrogen (secondary N) is 3. The molecule has 2 aromatic rings. The summed E-state index contributed by atoms with van der Waals surface area (Å²) in [6.07, 6.45) is 3.14. The van der Waals surface area contributed by atoms with Gasteiger partial charge in [0.25, 0.3) is 5.91 Å². The van der Waals surface area contributed by atoms with Crippen LogP contribution in [-0.4, -0.2) is 55.0 Å². The van der Waals surface area contributed by atoms with Gasteiger partial charge < -0.3 is 25.6 Å². The molecule has 8 nitrogen and oxygen atoms in total. The fourth-order valence-corrected chi connectivity index (χ4v) is 4.28. The van der Waals surface area contributed by atoms with Gasteiger partial charge in [-0.3, -0.25) is 9.59 Å². The Morgan fingerprint density at radius 2 is 1.74 bits per heavy atom. The molecule has 0 bridgehead atoms. The van der Waals surface area contributed by atoms with E-state index in [0.29, 0.717) is 48.0 Å². The number of anilines is 1. The Morgan fingerprint density at radius 1 is 1.03 bits per heavy atom. The van der Waals surface area contributed by atoms with Crippen LogP contribution in [0.5, 0.6) is 5.75 Å². The van der Waals surface area contributed by atoms with Crippen LogP contribution in [0.15, 0.2) is 48.5 Å². The molecule has 2 aliphatic rings. The number of ether oxygens (including phenoxy) is 1. The second-order valence-electron chi connectivity index (χ2n) is 8.73. The highest BCUT2D eigenvalue weighted by Crippen LogP contribution is 2.25. The first-order chi connectivity index (χ1) is 16.4. The fourth-order valence-electron chi connectivity index (χ4n) is 4.09. The second-order valence-corrected chi connectivity index (χ2v) is 9.16. The summed E-state index contributed by atoms with van der Waals surface area (Å²) < 4.78 is 5.15. The zero-order chi connectivity index (χ0) is 24.1. The van der Waals surface area contributed by atoms with Crippen molar-refractivity contribution in [3.05, 3.63) is 59.1 Å². The number of likely N-dealkylation sites (tertiary alicyclic amines) is 1. The molecule has 2 fully saturated rings. The normalized spacial score (nSPS) is 16.9. The van der Waals surface area contributed by atoms with Crippen LogP contribution < -0.4 is 20.7 Å². The van der Waals surface area contributed by atoms with Crippen molar-refractivity contribution in [3.63, 3.8) is 0 Å². The molecule has 2 aromatic carbocycles. The van der Waals surface area contributed by atoms with Gasteiger partial charge in [-0.2, -0.15) is 0 Å². The third-order valence-electron chi connectivity index (χ3n) is 6.22. The molecule has 0 spiro atoms. The van der Waals surface area contributed by atoms with Gasteiger partial charge in [-0.1, -0.05) is 17.7 Å². The Kier molecular flexibility index (Phi) is 7.57. The van der Waals surface area contributed by atoms with Gasteiger partial charge in [0.2, 0.25) is 5.91 Å². The highest BCUT2D eigenvalue weighted by Gasteiger charge is 2.36. The maximum atomic E-state index is 13.0. The van der Waals surface area contributed by atoms with E-state index in [-0.39, 0.29) is 29.8 Å². The first-order valence-electron chi connectivity index (χ1n) is 11.5. The van der Waals surface area contributed by atoms with E-state index in [1.807, 2.05) is 0 Å². The van der Waals surface area contributed by atoms with Crippen molar-refractivity contribution in [3.8, 4) is 5.75 Å². The Labute approximate surface area is 204 Å². The van der Waals surface area contributed by atoms with E-state index in [4.69, 9.17) is 16.3 Å². The molecule has 1 saturated heterocycles. The van der Waals surface area contributed by atoms with E-state index in [9.17, 15) is 14.4 Å². The molecule has 9 heteroatoms. The van der Waals surface area contributed by atoms with Gasteiger partial charge in [0, 0.05) is 35.4 Å². The fraction of sp³-hybridized carbons (Fsp3) is 0.400. The summed E-state index contributed by atoms with van der Waals surface area (Å²) in [5.74, 6) is 0.116. The van der Waals surface area contributed by atoms with E-state index in [1.165, 1.54) is 0 Å². The average Bonchev–Trinajstić information content (AvgIpc) is 3.66. The first-order valence-corrected chi connectivity index (χ1v) is 11.9. The number of hydrogen-bond acceptors (Lipinski definition) is 4. The molecule has 34 heavy (non-hydrogen) atoms. The van der Waals surface area contributed by atoms with E-state index in [0.717, 1.165) is 12.8 Å². The van der Waals surface area contributed by atoms with Gasteiger partial charge in [0.1, 0.15) is 11.8 Å². The Morgan fingerprint density at radius 3 is 2.35 bits per heavy atom. The molecule has 4 amide bonds. The van der Waals surface area contributed by atoms with Crippen molar-refractivity contribution in [1.29, 1.82) is 0 Å². The molecule has 4 rings (SSSR count). The Balaban J connectivity index is 1.38. The van der Waals surface area contributed by atoms with Crippen molar-refractivity contribution in [2.24, 2.45) is 5.92 Å². The Hall–Kier alpha value is -3.26. The molecule has 180 valence electrons. The summed E-state index contributed by atoms with van der Waals surface area (Å²) in [4.78, 5) is 40.3. The number of nitrogens with zero attached hydrogens (tertiary/aromatic N) is 1. The number of amides is 4. The molecule has 3 N–H and O–H groups in total. The highest BCUT2D eigenvalue weighted by atomic mass is 35.5. The predicted molar refractivity (Wildman–Crippen MR) is 130 cm³/mol. The molecular formula is C25H29ClN4O4. The molecule has 0 radical (unpaired) electrons. The number of methoxy groups -OCH3 is 1. The van der Waals surface area contributed by atoms with Crippen molar-refractivity contribution in [1.82, 2.24) is 15.5 Å². The van der Waals surface area contributed by atoms with Crippen molar-refractivity contribution in [2.75, 3.05) is 25.5 Å². The second kappa shape index (κ2) is 10.8. The van der Waals surface area contributed by atoms with Gasteiger partial charge in [-0.05, 0) is 74.1 Å². The zero-order valence-corrected chi connectivity index (χ0v) is 19.8. The quantitative estimate of drug-likeness (QED) is 0.558. The van der Waals surface area contributed by atoms with Crippen LogP contribution >= 0.6 is 11.6 Å². The number of halogens is 1. The smallest absolute Gasteiger partial charge is 0.321 e. The summed E-state index contributed by atoms with van der Waals surface area (Å²) >= 11 is 6.00. The summed E-state index contributed by atoms with van der Waals surface area (Å²) in [6.45, 7) is 0.978. The van der Waals surface area contributed by atoms with E-state index in [1.54, 1.807) is 60.5 Å². The van der Waals surface area contributed by atoms with Crippen LogP contribution in [0.2, 0.25) is 5.02 Å². The Bertz CT molecular complexity index is 1030. The van der Waals surface area contributed by atoms with Crippen molar-refractivity contribution in [2.45, 2.75) is 37.8 Å². The zero-order valence-electron chi connectivity index (χ0n) is 19.1. The SMILES string of the molecule is COc1ccc(C(=O)NC(C(=O)NC2CC2)C2CCN(C(=O)Nc3cccc(Cl)c3)CC2)cc1. The minimum absolute atomic E-state index is 0.0730. The highest BCUT2D eigenvalue weighted by molar-refractivity contribution is 6.30. The third kappa shape index (κ3) is 6.20. The monoisotopic (exact) mass is 484 g/mol. The summed E-state index contributed by atoms with van der Waals surface area (Å²) in [7, 11) is 1.56. The number of piperidine rings is 1. The molecule has 1 saturated carbocycles. The summed E-state index contributed by atoms with van der Waals surface area (Å²) in [5.41, 5.74) is 1.09. The topological polar surface area (TPSA) is 99.8 Å². The minimum Gasteiger partial charge on any atom is -0.497 e. The van der Waals surface area contributed by atoms with Crippen LogP contribution in [0.25, 0.3) is 0 Å². The lowest BCUT2D eigenvalue weighted by Crippen LogP contribution is -2.54. The number of carbonyl (C=O) groups excluding carboxylic acids is 3. The molecule has 1 atom stereocenters. The van der Waals surface area contributed by atoms with E-state index >= 15 is 0 Å². The van der Waals surface area contributed by atoms with Crippen LogP contribution in [0.4, 0.5) is 10.5 Å². The molecule has 0 aromatic heterocycles. The molecule has 1 aliphatic heterocycles. The first kappa shape index (κ1) is 23.9. The number of hydrogen-bond donors (Lipinski definition) is 3. The van der Waals surface area contributed by atoms with Crippen molar-refractivity contribution < 1.29 is 19.1 Å². The number of rotatable bonds is 7.